The second kappa shape index (κ2) is 7.18. The third kappa shape index (κ3) is 27.4. The molecule has 0 rings (SSSR count). The highest BCUT2D eigenvalue weighted by Crippen LogP contribution is 1.84. The molecular formula is C2H4O7S2. The SMILES string of the molecule is O=S(=O)(O)OC=CO.O=S=O. The second-order valence-corrected chi connectivity index (χ2v) is 2.06. The summed E-state index contributed by atoms with van der Waals surface area (Å²) in [7, 11) is -4.43. The summed E-state index contributed by atoms with van der Waals surface area (Å²) in [4.78, 5) is 0. The first-order chi connectivity index (χ1) is 4.97. The average molecular weight is 204 g/mol. The van der Waals surface area contributed by atoms with Crippen LogP contribution in [0, 0.1) is 0 Å². The molecule has 0 fully saturated rings. The van der Waals surface area contributed by atoms with E-state index in [4.69, 9.17) is 18.1 Å². The van der Waals surface area contributed by atoms with E-state index in [2.05, 4.69) is 4.18 Å². The number of hydrogen-bond acceptors (Lipinski definition) is 6. The van der Waals surface area contributed by atoms with Crippen LogP contribution in [0.4, 0.5) is 0 Å². The zero-order valence-electron chi connectivity index (χ0n) is 4.91. The Morgan fingerprint density at radius 2 is 1.73 bits per heavy atom. The van der Waals surface area contributed by atoms with Crippen molar-refractivity contribution in [3.63, 3.8) is 0 Å². The maximum atomic E-state index is 9.56. The van der Waals surface area contributed by atoms with E-state index >= 15 is 0 Å². The minimum Gasteiger partial charge on any atom is -0.512 e. The smallest absolute Gasteiger partial charge is 0.446 e. The Kier molecular flexibility index (Phi) is 8.30. The molecular weight excluding hydrogens is 200 g/mol. The van der Waals surface area contributed by atoms with Gasteiger partial charge in [-0.05, 0) is 0 Å². The third-order valence-electron chi connectivity index (χ3n) is 0.238. The van der Waals surface area contributed by atoms with Crippen LogP contribution in [0.1, 0.15) is 0 Å². The Balaban J connectivity index is 0. The average Bonchev–Trinajstić information content (AvgIpc) is 1.84. The van der Waals surface area contributed by atoms with Gasteiger partial charge in [-0.15, -0.1) is 0 Å². The molecule has 0 radical (unpaired) electrons. The molecule has 2 N–H and O–H groups in total. The van der Waals surface area contributed by atoms with Crippen LogP contribution >= 0.6 is 0 Å². The molecule has 11 heavy (non-hydrogen) atoms. The molecule has 0 amide bonds. The van der Waals surface area contributed by atoms with Gasteiger partial charge in [-0.25, -0.2) is 0 Å². The minimum atomic E-state index is -4.43. The predicted octanol–water partition coefficient (Wildman–Crippen LogP) is -0.835. The molecule has 0 aromatic carbocycles. The van der Waals surface area contributed by atoms with Crippen molar-refractivity contribution in [2.45, 2.75) is 0 Å². The van der Waals surface area contributed by atoms with Crippen LogP contribution in [0.5, 0.6) is 0 Å². The molecule has 0 heterocycles. The molecule has 7 nitrogen and oxygen atoms in total. The normalized spacial score (nSPS) is 9.91. The van der Waals surface area contributed by atoms with Gasteiger partial charge in [-0.1, -0.05) is 0 Å². The van der Waals surface area contributed by atoms with E-state index in [1.165, 1.54) is 0 Å². The van der Waals surface area contributed by atoms with Crippen molar-refractivity contribution in [3.8, 4) is 0 Å². The lowest BCUT2D eigenvalue weighted by Gasteiger charge is -1.87. The summed E-state index contributed by atoms with van der Waals surface area (Å²) in [6, 6.07) is 0. The fourth-order valence-corrected chi connectivity index (χ4v) is 0.285. The highest BCUT2D eigenvalue weighted by molar-refractivity contribution is 7.81. The molecule has 0 bridgehead atoms. The van der Waals surface area contributed by atoms with Gasteiger partial charge in [0.25, 0.3) is 0 Å². The quantitative estimate of drug-likeness (QED) is 0.445. The molecule has 9 heteroatoms. The van der Waals surface area contributed by atoms with Crippen molar-refractivity contribution in [1.82, 2.24) is 0 Å². The Morgan fingerprint density at radius 3 is 1.82 bits per heavy atom. The highest BCUT2D eigenvalue weighted by atomic mass is 32.3. The summed E-state index contributed by atoms with van der Waals surface area (Å²) >= 11 is -0.750. The van der Waals surface area contributed by atoms with Crippen LogP contribution in [0.2, 0.25) is 0 Å². The summed E-state index contributed by atoms with van der Waals surface area (Å²) in [6.07, 6.45) is 0.767. The van der Waals surface area contributed by atoms with Gasteiger partial charge in [0.05, 0.1) is 0 Å². The monoisotopic (exact) mass is 204 g/mol. The Morgan fingerprint density at radius 1 is 1.36 bits per heavy atom. The van der Waals surface area contributed by atoms with Crippen LogP contribution in [0.15, 0.2) is 12.5 Å². The van der Waals surface area contributed by atoms with Gasteiger partial charge in [0.1, 0.15) is 12.5 Å². The van der Waals surface area contributed by atoms with E-state index < -0.39 is 22.0 Å². The van der Waals surface area contributed by atoms with Crippen molar-refractivity contribution in [1.29, 1.82) is 0 Å². The van der Waals surface area contributed by atoms with Crippen LogP contribution < -0.4 is 0 Å². The molecule has 0 atom stereocenters. The Bertz CT molecular complexity index is 231. The van der Waals surface area contributed by atoms with Gasteiger partial charge in [0.2, 0.25) is 0 Å². The van der Waals surface area contributed by atoms with Crippen molar-refractivity contribution in [2.75, 3.05) is 0 Å². The second-order valence-electron chi connectivity index (χ2n) is 0.877. The fraction of sp³-hybridized carbons (Fsp3) is 0. The van der Waals surface area contributed by atoms with Crippen molar-refractivity contribution >= 4 is 22.0 Å². The van der Waals surface area contributed by atoms with Gasteiger partial charge in [-0.2, -0.15) is 16.8 Å². The van der Waals surface area contributed by atoms with Crippen LogP contribution in [0.25, 0.3) is 0 Å². The number of hydrogen-bond donors (Lipinski definition) is 2. The first-order valence-electron chi connectivity index (χ1n) is 1.84. The maximum Gasteiger partial charge on any atom is 0.446 e. The molecule has 0 saturated heterocycles. The largest absolute Gasteiger partial charge is 0.512 e. The molecule has 0 unspecified atom stereocenters. The molecule has 0 spiro atoms. The van der Waals surface area contributed by atoms with Crippen LogP contribution in [-0.2, 0) is 26.2 Å². The van der Waals surface area contributed by atoms with E-state index in [9.17, 15) is 8.42 Å². The van der Waals surface area contributed by atoms with Crippen LogP contribution in [-0.4, -0.2) is 26.5 Å². The zero-order chi connectivity index (χ0) is 9.33. The van der Waals surface area contributed by atoms with Crippen LogP contribution in [0.3, 0.4) is 0 Å². The molecule has 0 aromatic rings. The summed E-state index contributed by atoms with van der Waals surface area (Å²) < 4.78 is 46.9. The predicted molar refractivity (Wildman–Crippen MR) is 33.3 cm³/mol. The van der Waals surface area contributed by atoms with E-state index in [1.54, 1.807) is 0 Å². The number of aliphatic hydroxyl groups is 1. The summed E-state index contributed by atoms with van der Waals surface area (Å²) in [5, 5.41) is 7.75. The van der Waals surface area contributed by atoms with E-state index in [0.717, 1.165) is 0 Å². The highest BCUT2D eigenvalue weighted by Gasteiger charge is 1.97. The first kappa shape index (κ1) is 12.7. The lowest BCUT2D eigenvalue weighted by Crippen LogP contribution is -1.96. The Hall–Kier alpha value is -0.930. The van der Waals surface area contributed by atoms with E-state index in [-0.39, 0.29) is 0 Å². The van der Waals surface area contributed by atoms with Crippen molar-refractivity contribution < 1.29 is 30.7 Å². The Labute approximate surface area is 65.9 Å². The van der Waals surface area contributed by atoms with E-state index in [0.29, 0.717) is 12.5 Å². The molecule has 0 aliphatic heterocycles. The molecule has 0 saturated carbocycles. The molecule has 66 valence electrons. The van der Waals surface area contributed by atoms with Gasteiger partial charge in [0.15, 0.2) is 0 Å². The molecule has 0 aliphatic rings. The lowest BCUT2D eigenvalue weighted by atomic mass is 11.1. The topological polar surface area (TPSA) is 118 Å². The number of aliphatic hydroxyl groups excluding tert-OH is 1. The van der Waals surface area contributed by atoms with Gasteiger partial charge in [-0.3, -0.25) is 4.55 Å². The van der Waals surface area contributed by atoms with Crippen molar-refractivity contribution in [3.05, 3.63) is 12.5 Å². The standard InChI is InChI=1S/C2H4O5S.O2S/c3-1-2-7-8(4,5)6;1-3-2/h1-3H,(H,4,5,6);. The summed E-state index contributed by atoms with van der Waals surface area (Å²) in [5.41, 5.74) is 0. The lowest BCUT2D eigenvalue weighted by molar-refractivity contribution is 0.343. The minimum absolute atomic E-state index is 0.341. The van der Waals surface area contributed by atoms with Gasteiger partial charge < -0.3 is 9.29 Å². The summed E-state index contributed by atoms with van der Waals surface area (Å²) in [6.45, 7) is 0. The molecule has 0 aromatic heterocycles. The molecule has 0 aliphatic carbocycles. The summed E-state index contributed by atoms with van der Waals surface area (Å²) in [5.74, 6) is 0. The fourth-order valence-electron chi connectivity index (χ4n) is 0.0951. The van der Waals surface area contributed by atoms with Crippen molar-refractivity contribution in [2.24, 2.45) is 0 Å². The van der Waals surface area contributed by atoms with E-state index in [1.807, 2.05) is 0 Å². The van der Waals surface area contributed by atoms with Gasteiger partial charge >= 0.3 is 22.0 Å². The maximum absolute atomic E-state index is 9.56. The van der Waals surface area contributed by atoms with Gasteiger partial charge in [0, 0.05) is 0 Å². The number of rotatable bonds is 2. The third-order valence-corrected chi connectivity index (χ3v) is 0.592. The first-order valence-corrected chi connectivity index (χ1v) is 3.87. The zero-order valence-corrected chi connectivity index (χ0v) is 6.54.